The molecule has 0 atom stereocenters. The lowest BCUT2D eigenvalue weighted by molar-refractivity contribution is 1.20. The molecule has 21 aromatic carbocycles. The minimum absolute atomic E-state index is 1.11. The Morgan fingerprint density at radius 1 is 0.148 bits per heavy atom. The average molecular weight is 1570 g/mol. The Kier molecular flexibility index (Phi) is 21.5. The average Bonchev–Trinajstić information content (AvgIpc) is 0.715. The molecule has 21 rings (SSSR count). The number of hydrogen-bond acceptors (Lipinski definition) is 6. The molecule has 6 heteroatoms. The molecule has 0 unspecified atom stereocenters. The summed E-state index contributed by atoms with van der Waals surface area (Å²) in [7, 11) is 6.44. The minimum Gasteiger partial charge on any atom is -0.345 e. The highest BCUT2D eigenvalue weighted by Gasteiger charge is 2.22. The molecule has 0 aliphatic rings. The van der Waals surface area contributed by atoms with Gasteiger partial charge in [-0.3, -0.25) is 0 Å². The van der Waals surface area contributed by atoms with E-state index >= 15 is 0 Å². The number of fused-ring (bicyclic) bond motifs is 5. The first-order valence-corrected chi connectivity index (χ1v) is 41.8. The standard InChI is InChI=1S/C45H32N2.C39H30N2.C32H28N2/c1-46(43-30-29-41-39-18-9-14-33-13-8-17-38(44(33)39)40-19-10-20-42(43)45(40)41)34-25-27-37(28-26-34)47(35-15-6-3-7-16-35)36-23-21-32(22-24-36)31-11-4-2-5-12-31;1-40(39-28-31-14-8-9-17-36(31)37-18-10-11-19-38(37)39)32-24-26-35(27-25-32)41(33-15-6-3-7-16-33)34-22-20-30(21-23-34)29-12-4-2-5-13-29;1-25-13-17-28(18-14-25)33(2)29-21-23-32(24-22-29)34(30-11-7-4-8-12-30)31-19-15-27(16-20-31)26-9-5-3-6-10-26/h2-30H,1H3;2-28H,1H3;3-24H,1-2H3. The van der Waals surface area contributed by atoms with Crippen molar-refractivity contribution in [3.8, 4) is 33.4 Å². The highest BCUT2D eigenvalue weighted by atomic mass is 15.2. The number of anilines is 15. The van der Waals surface area contributed by atoms with Crippen LogP contribution < -0.4 is 29.4 Å². The van der Waals surface area contributed by atoms with Crippen LogP contribution in [0.25, 0.3) is 98.0 Å². The SMILES string of the molecule is CN(c1ccc(N(c2ccccc2)c2ccc(-c3ccccc3)cc2)cc1)c1cc2ccccc2c2ccccc12.CN(c1ccc(N(c2ccccc2)c2ccc(-c3ccccc3)cc2)cc1)c1ccc2c3cccc4cccc(c5cccc1c52)c43.Cc1ccc(N(C)c2ccc(N(c3ccccc3)c3ccc(-c4ccccc4)cc3)cc2)cc1. The van der Waals surface area contributed by atoms with E-state index < -0.39 is 0 Å². The summed E-state index contributed by atoms with van der Waals surface area (Å²) in [5.74, 6) is 0. The summed E-state index contributed by atoms with van der Waals surface area (Å²) in [6, 6.07) is 169. The lowest BCUT2D eigenvalue weighted by atomic mass is 9.89. The number of benzene rings is 21. The van der Waals surface area contributed by atoms with Crippen LogP contribution >= 0.6 is 0 Å². The summed E-state index contributed by atoms with van der Waals surface area (Å²) in [5, 5.41) is 15.6. The van der Waals surface area contributed by atoms with Crippen LogP contribution in [0, 0.1) is 6.92 Å². The largest absolute Gasteiger partial charge is 0.345 e. The van der Waals surface area contributed by atoms with E-state index in [0.29, 0.717) is 0 Å². The van der Waals surface area contributed by atoms with Gasteiger partial charge in [-0.05, 0) is 264 Å². The maximum absolute atomic E-state index is 2.32. The number of para-hydroxylation sites is 3. The molecule has 21 aromatic rings. The van der Waals surface area contributed by atoms with E-state index in [9.17, 15) is 0 Å². The van der Waals surface area contributed by atoms with Gasteiger partial charge in [0.15, 0.2) is 0 Å². The fourth-order valence-corrected chi connectivity index (χ4v) is 17.3. The molecule has 0 bridgehead atoms. The number of aryl methyl sites for hydroxylation is 1. The molecular formula is C116H90N6. The van der Waals surface area contributed by atoms with E-state index in [2.05, 4.69) is 531 Å². The van der Waals surface area contributed by atoms with Crippen LogP contribution in [0.1, 0.15) is 5.56 Å². The number of rotatable bonds is 18. The van der Waals surface area contributed by atoms with Crippen LogP contribution in [0.4, 0.5) is 85.3 Å². The van der Waals surface area contributed by atoms with Gasteiger partial charge in [0.25, 0.3) is 0 Å². The van der Waals surface area contributed by atoms with Gasteiger partial charge in [0.05, 0.1) is 0 Å². The van der Waals surface area contributed by atoms with Crippen LogP contribution in [0.2, 0.25) is 0 Å². The predicted molar refractivity (Wildman–Crippen MR) is 524 cm³/mol. The molecule has 0 amide bonds. The second-order valence-corrected chi connectivity index (χ2v) is 31.0. The smallest absolute Gasteiger partial charge is 0.0494 e. The minimum atomic E-state index is 1.11. The summed E-state index contributed by atoms with van der Waals surface area (Å²) in [4.78, 5) is 13.7. The Morgan fingerprint density at radius 3 is 0.803 bits per heavy atom. The van der Waals surface area contributed by atoms with Crippen molar-refractivity contribution in [2.24, 2.45) is 0 Å². The maximum Gasteiger partial charge on any atom is 0.0494 e. The van der Waals surface area contributed by atoms with Gasteiger partial charge in [0, 0.05) is 117 Å². The number of hydrogen-bond donors (Lipinski definition) is 0. The Balaban J connectivity index is 0.000000122. The van der Waals surface area contributed by atoms with Crippen LogP contribution in [-0.4, -0.2) is 21.1 Å². The maximum atomic E-state index is 2.32. The van der Waals surface area contributed by atoms with Crippen molar-refractivity contribution in [3.63, 3.8) is 0 Å². The van der Waals surface area contributed by atoms with Gasteiger partial charge < -0.3 is 29.4 Å². The summed E-state index contributed by atoms with van der Waals surface area (Å²) in [6.07, 6.45) is 0. The molecule has 0 spiro atoms. The Hall–Kier alpha value is -15.8. The van der Waals surface area contributed by atoms with Crippen molar-refractivity contribution in [2.45, 2.75) is 6.92 Å². The normalized spacial score (nSPS) is 11.1. The lowest BCUT2D eigenvalue weighted by Crippen LogP contribution is -2.12. The van der Waals surface area contributed by atoms with E-state index in [4.69, 9.17) is 0 Å². The van der Waals surface area contributed by atoms with Gasteiger partial charge in [-0.25, -0.2) is 0 Å². The van der Waals surface area contributed by atoms with Crippen LogP contribution in [-0.2, 0) is 0 Å². The first-order valence-electron chi connectivity index (χ1n) is 41.8. The Labute approximate surface area is 714 Å². The summed E-state index contributed by atoms with van der Waals surface area (Å²) in [5.41, 5.74) is 25.7. The van der Waals surface area contributed by atoms with Crippen LogP contribution in [0.3, 0.4) is 0 Å². The summed E-state index contributed by atoms with van der Waals surface area (Å²) < 4.78 is 0. The molecule has 0 aliphatic heterocycles. The molecule has 0 radical (unpaired) electrons. The Bertz CT molecular complexity index is 7050. The van der Waals surface area contributed by atoms with Crippen molar-refractivity contribution in [2.75, 3.05) is 50.5 Å². The first-order chi connectivity index (χ1) is 60.2. The molecule has 584 valence electrons. The molecule has 0 heterocycles. The molecule has 0 fully saturated rings. The molecule has 0 N–H and O–H groups in total. The lowest BCUT2D eigenvalue weighted by Gasteiger charge is -2.27. The van der Waals surface area contributed by atoms with E-state index in [0.717, 1.165) is 68.2 Å². The zero-order chi connectivity index (χ0) is 82.2. The molecule has 122 heavy (non-hydrogen) atoms. The second kappa shape index (κ2) is 34.4. The van der Waals surface area contributed by atoms with E-state index in [1.165, 1.54) is 121 Å². The second-order valence-electron chi connectivity index (χ2n) is 31.0. The predicted octanol–water partition coefficient (Wildman–Crippen LogP) is 32.4. The highest BCUT2D eigenvalue weighted by Crippen LogP contribution is 2.47. The zero-order valence-corrected chi connectivity index (χ0v) is 68.7. The summed E-state index contributed by atoms with van der Waals surface area (Å²) >= 11 is 0. The van der Waals surface area contributed by atoms with Crippen molar-refractivity contribution in [3.05, 3.63) is 479 Å². The third-order valence-corrected chi connectivity index (χ3v) is 23.6. The van der Waals surface area contributed by atoms with Gasteiger partial charge >= 0.3 is 0 Å². The van der Waals surface area contributed by atoms with Gasteiger partial charge in [0.2, 0.25) is 0 Å². The molecule has 0 aliphatic carbocycles. The van der Waals surface area contributed by atoms with Crippen molar-refractivity contribution >= 4 is 150 Å². The van der Waals surface area contributed by atoms with Gasteiger partial charge in [-0.15, -0.1) is 0 Å². The molecular weight excluding hydrogens is 1480 g/mol. The summed E-state index contributed by atoms with van der Waals surface area (Å²) in [6.45, 7) is 2.11. The van der Waals surface area contributed by atoms with Gasteiger partial charge in [-0.1, -0.05) is 309 Å². The molecule has 0 saturated carbocycles. The molecule has 0 saturated heterocycles. The Morgan fingerprint density at radius 2 is 0.402 bits per heavy atom. The first kappa shape index (κ1) is 76.2. The third kappa shape index (κ3) is 15.6. The fraction of sp³-hybridized carbons (Fsp3) is 0.0345. The monoisotopic (exact) mass is 1570 g/mol. The van der Waals surface area contributed by atoms with Gasteiger partial charge in [-0.2, -0.15) is 0 Å². The van der Waals surface area contributed by atoms with E-state index in [-0.39, 0.29) is 0 Å². The van der Waals surface area contributed by atoms with Crippen LogP contribution in [0.5, 0.6) is 0 Å². The highest BCUT2D eigenvalue weighted by molar-refractivity contribution is 6.34. The fourth-order valence-electron chi connectivity index (χ4n) is 17.3. The molecule has 0 aromatic heterocycles. The van der Waals surface area contributed by atoms with E-state index in [1.54, 1.807) is 0 Å². The molecule has 6 nitrogen and oxygen atoms in total. The number of nitrogens with zero attached hydrogens (tertiary/aromatic N) is 6. The zero-order valence-electron chi connectivity index (χ0n) is 68.7. The van der Waals surface area contributed by atoms with Crippen LogP contribution in [0.15, 0.2) is 473 Å². The quantitative estimate of drug-likeness (QED) is 0.0625. The van der Waals surface area contributed by atoms with Gasteiger partial charge in [0.1, 0.15) is 0 Å². The topological polar surface area (TPSA) is 19.4 Å². The van der Waals surface area contributed by atoms with Crippen molar-refractivity contribution in [1.82, 2.24) is 0 Å². The van der Waals surface area contributed by atoms with Crippen molar-refractivity contribution < 1.29 is 0 Å². The van der Waals surface area contributed by atoms with Crippen molar-refractivity contribution in [1.29, 1.82) is 0 Å². The third-order valence-electron chi connectivity index (χ3n) is 23.6. The van der Waals surface area contributed by atoms with E-state index in [1.807, 2.05) is 0 Å².